The fraction of sp³-hybridized carbons (Fsp3) is 0.583. The molecule has 0 aromatic heterocycles. The van der Waals surface area contributed by atoms with Gasteiger partial charge in [0, 0.05) is 52.5 Å². The van der Waals surface area contributed by atoms with Gasteiger partial charge in [0.15, 0.2) is 5.78 Å². The standard InChI is InChI=1S/C24H31N3O5/c1-16-4-5-21-19(14-16)20(29)15-24(32-21)7-6-22(30)27(9-8-24)17(2)23(31)26-12-10-25(11-13-26)18(3)28/h4-5,14,17H,6-13,15H2,1-3H3/t17-,24+/m0/s1. The van der Waals surface area contributed by atoms with Crippen LogP contribution in [0.3, 0.4) is 0 Å². The highest BCUT2D eigenvalue weighted by molar-refractivity contribution is 6.00. The largest absolute Gasteiger partial charge is 0.486 e. The molecule has 0 bridgehead atoms. The highest BCUT2D eigenvalue weighted by Crippen LogP contribution is 2.40. The maximum Gasteiger partial charge on any atom is 0.245 e. The molecule has 0 N–H and O–H groups in total. The molecule has 172 valence electrons. The number of fused-ring (bicyclic) bond motifs is 1. The molecule has 1 aromatic carbocycles. The first kappa shape index (κ1) is 22.3. The number of hydrogen-bond acceptors (Lipinski definition) is 5. The number of carbonyl (C=O) groups is 4. The van der Waals surface area contributed by atoms with E-state index < -0.39 is 11.6 Å². The average molecular weight is 442 g/mol. The molecule has 2 saturated heterocycles. The lowest BCUT2D eigenvalue weighted by Crippen LogP contribution is -2.55. The molecule has 1 aromatic rings. The Morgan fingerprint density at radius 1 is 1.03 bits per heavy atom. The minimum absolute atomic E-state index is 0.0110. The van der Waals surface area contributed by atoms with Gasteiger partial charge in [0.05, 0.1) is 12.0 Å². The first-order valence-electron chi connectivity index (χ1n) is 11.4. The van der Waals surface area contributed by atoms with E-state index >= 15 is 0 Å². The van der Waals surface area contributed by atoms with Gasteiger partial charge in [-0.3, -0.25) is 19.2 Å². The molecule has 8 nitrogen and oxygen atoms in total. The monoisotopic (exact) mass is 441 g/mol. The number of piperazine rings is 1. The van der Waals surface area contributed by atoms with E-state index in [0.29, 0.717) is 56.9 Å². The van der Waals surface area contributed by atoms with E-state index in [4.69, 9.17) is 4.74 Å². The molecule has 3 aliphatic heterocycles. The number of nitrogens with zero attached hydrogens (tertiary/aromatic N) is 3. The predicted molar refractivity (Wildman–Crippen MR) is 117 cm³/mol. The number of aryl methyl sites for hydroxylation is 1. The Bertz CT molecular complexity index is 953. The van der Waals surface area contributed by atoms with Crippen molar-refractivity contribution in [1.29, 1.82) is 0 Å². The normalized spacial score (nSPS) is 24.7. The molecule has 2 atom stereocenters. The molecule has 3 amide bonds. The van der Waals surface area contributed by atoms with Crippen molar-refractivity contribution < 1.29 is 23.9 Å². The summed E-state index contributed by atoms with van der Waals surface area (Å²) in [7, 11) is 0. The van der Waals surface area contributed by atoms with Crippen LogP contribution in [0.15, 0.2) is 18.2 Å². The summed E-state index contributed by atoms with van der Waals surface area (Å²) in [6.07, 6.45) is 1.46. The number of hydrogen-bond donors (Lipinski definition) is 0. The van der Waals surface area contributed by atoms with E-state index in [0.717, 1.165) is 5.56 Å². The van der Waals surface area contributed by atoms with E-state index in [2.05, 4.69) is 0 Å². The number of likely N-dealkylation sites (tertiary alicyclic amines) is 1. The van der Waals surface area contributed by atoms with Crippen LogP contribution in [-0.2, 0) is 14.4 Å². The van der Waals surface area contributed by atoms with Crippen LogP contribution in [0.1, 0.15) is 55.5 Å². The van der Waals surface area contributed by atoms with Crippen LogP contribution in [-0.4, -0.2) is 82.6 Å². The lowest BCUT2D eigenvalue weighted by atomic mass is 9.84. The number of benzene rings is 1. The van der Waals surface area contributed by atoms with Crippen LogP contribution < -0.4 is 4.74 Å². The fourth-order valence-corrected chi connectivity index (χ4v) is 4.99. The number of amides is 3. The first-order chi connectivity index (χ1) is 15.2. The summed E-state index contributed by atoms with van der Waals surface area (Å²) in [5.41, 5.74) is 0.909. The Morgan fingerprint density at radius 3 is 2.41 bits per heavy atom. The summed E-state index contributed by atoms with van der Waals surface area (Å²) >= 11 is 0. The van der Waals surface area contributed by atoms with Gasteiger partial charge in [-0.2, -0.15) is 0 Å². The van der Waals surface area contributed by atoms with E-state index in [1.165, 1.54) is 6.92 Å². The van der Waals surface area contributed by atoms with Gasteiger partial charge in [0.2, 0.25) is 17.7 Å². The van der Waals surface area contributed by atoms with Crippen molar-refractivity contribution in [3.05, 3.63) is 29.3 Å². The van der Waals surface area contributed by atoms with Crippen molar-refractivity contribution in [3.63, 3.8) is 0 Å². The molecule has 0 aliphatic carbocycles. The van der Waals surface area contributed by atoms with Crippen LogP contribution in [0.25, 0.3) is 0 Å². The van der Waals surface area contributed by atoms with Crippen molar-refractivity contribution >= 4 is 23.5 Å². The smallest absolute Gasteiger partial charge is 0.245 e. The van der Waals surface area contributed by atoms with Gasteiger partial charge < -0.3 is 19.4 Å². The molecule has 3 heterocycles. The quantitative estimate of drug-likeness (QED) is 0.698. The van der Waals surface area contributed by atoms with Crippen LogP contribution in [0.2, 0.25) is 0 Å². The molecule has 2 fully saturated rings. The van der Waals surface area contributed by atoms with E-state index in [9.17, 15) is 19.2 Å². The number of rotatable bonds is 2. The number of Topliss-reactive ketones (excluding diaryl/α,β-unsaturated/α-hetero) is 1. The van der Waals surface area contributed by atoms with E-state index in [1.54, 1.807) is 21.6 Å². The van der Waals surface area contributed by atoms with Crippen molar-refractivity contribution in [2.75, 3.05) is 32.7 Å². The van der Waals surface area contributed by atoms with Gasteiger partial charge in [-0.05, 0) is 32.4 Å². The second kappa shape index (κ2) is 8.56. The second-order valence-corrected chi connectivity index (χ2v) is 9.23. The van der Waals surface area contributed by atoms with Crippen molar-refractivity contribution in [3.8, 4) is 5.75 Å². The Morgan fingerprint density at radius 2 is 1.72 bits per heavy atom. The maximum absolute atomic E-state index is 13.1. The molecule has 0 radical (unpaired) electrons. The van der Waals surface area contributed by atoms with Gasteiger partial charge in [-0.15, -0.1) is 0 Å². The van der Waals surface area contributed by atoms with Crippen LogP contribution in [0.5, 0.6) is 5.75 Å². The number of ketones is 1. The molecule has 1 spiro atoms. The topological polar surface area (TPSA) is 87.2 Å². The van der Waals surface area contributed by atoms with Crippen molar-refractivity contribution in [2.45, 2.75) is 58.1 Å². The Kier molecular flexibility index (Phi) is 5.97. The van der Waals surface area contributed by atoms with E-state index in [1.807, 2.05) is 25.1 Å². The zero-order valence-electron chi connectivity index (χ0n) is 19.1. The lowest BCUT2D eigenvalue weighted by molar-refractivity contribution is -0.147. The van der Waals surface area contributed by atoms with Gasteiger partial charge >= 0.3 is 0 Å². The van der Waals surface area contributed by atoms with E-state index in [-0.39, 0.29) is 36.3 Å². The summed E-state index contributed by atoms with van der Waals surface area (Å²) in [5.74, 6) is 0.454. The Balaban J connectivity index is 1.44. The Hall–Kier alpha value is -2.90. The second-order valence-electron chi connectivity index (χ2n) is 9.23. The lowest BCUT2D eigenvalue weighted by Gasteiger charge is -2.39. The van der Waals surface area contributed by atoms with Crippen LogP contribution >= 0.6 is 0 Å². The van der Waals surface area contributed by atoms with Crippen molar-refractivity contribution in [2.24, 2.45) is 0 Å². The molecule has 32 heavy (non-hydrogen) atoms. The minimum atomic E-state index is -0.709. The molecule has 3 aliphatic rings. The van der Waals surface area contributed by atoms with Crippen LogP contribution in [0, 0.1) is 6.92 Å². The first-order valence-corrected chi connectivity index (χ1v) is 11.4. The maximum atomic E-state index is 13.1. The van der Waals surface area contributed by atoms with Crippen molar-refractivity contribution in [1.82, 2.24) is 14.7 Å². The summed E-state index contributed by atoms with van der Waals surface area (Å²) in [4.78, 5) is 55.5. The summed E-state index contributed by atoms with van der Waals surface area (Å²) in [6.45, 7) is 7.58. The van der Waals surface area contributed by atoms with Gasteiger partial charge in [0.1, 0.15) is 17.4 Å². The molecule has 0 saturated carbocycles. The zero-order chi connectivity index (χ0) is 23.0. The van der Waals surface area contributed by atoms with Gasteiger partial charge in [0.25, 0.3) is 0 Å². The molecule has 4 rings (SSSR count). The summed E-state index contributed by atoms with van der Waals surface area (Å²) in [6, 6.07) is 5.02. The van der Waals surface area contributed by atoms with Crippen LogP contribution in [0.4, 0.5) is 0 Å². The highest BCUT2D eigenvalue weighted by Gasteiger charge is 2.44. The zero-order valence-corrected chi connectivity index (χ0v) is 19.1. The average Bonchev–Trinajstić information content (AvgIpc) is 2.92. The van der Waals surface area contributed by atoms with Gasteiger partial charge in [-0.25, -0.2) is 0 Å². The number of carbonyl (C=O) groups excluding carboxylic acids is 4. The third-order valence-electron chi connectivity index (χ3n) is 7.03. The molecule has 8 heteroatoms. The number of ether oxygens (including phenoxy) is 1. The summed E-state index contributed by atoms with van der Waals surface area (Å²) < 4.78 is 6.32. The third-order valence-corrected chi connectivity index (χ3v) is 7.03. The predicted octanol–water partition coefficient (Wildman–Crippen LogP) is 1.79. The van der Waals surface area contributed by atoms with Gasteiger partial charge in [-0.1, -0.05) is 11.6 Å². The SMILES string of the molecule is CC(=O)N1CCN(C(=O)[C@H](C)N2CC[C@]3(CCC2=O)CC(=O)c2cc(C)ccc2O3)CC1. The summed E-state index contributed by atoms with van der Waals surface area (Å²) in [5, 5.41) is 0. The Labute approximate surface area is 188 Å². The molecular formula is C24H31N3O5. The fourth-order valence-electron chi connectivity index (χ4n) is 4.99. The molecular weight excluding hydrogens is 410 g/mol. The minimum Gasteiger partial charge on any atom is -0.486 e. The highest BCUT2D eigenvalue weighted by atomic mass is 16.5. The third kappa shape index (κ3) is 4.23. The molecule has 0 unspecified atom stereocenters.